The van der Waals surface area contributed by atoms with Crippen molar-refractivity contribution < 1.29 is 15.0 Å². The van der Waals surface area contributed by atoms with Crippen LogP contribution in [0, 0.1) is 0 Å². The molecule has 0 saturated carbocycles. The van der Waals surface area contributed by atoms with Crippen molar-refractivity contribution in [2.45, 2.75) is 26.2 Å². The molecule has 5 aromatic rings. The zero-order chi connectivity index (χ0) is 25.6. The van der Waals surface area contributed by atoms with E-state index in [0.29, 0.717) is 28.8 Å². The van der Waals surface area contributed by atoms with Gasteiger partial charge in [0.1, 0.15) is 11.5 Å². The minimum absolute atomic E-state index is 0.00976. The molecule has 3 aromatic carbocycles. The lowest BCUT2D eigenvalue weighted by Crippen LogP contribution is -2.15. The average molecular weight is 483 g/mol. The Kier molecular flexibility index (Phi) is 5.72. The molecule has 1 atom stereocenters. The number of rotatable bonds is 6. The number of carbonyl (C=O) groups excluding carboxylic acids is 1. The highest BCUT2D eigenvalue weighted by Gasteiger charge is 2.21. The van der Waals surface area contributed by atoms with Crippen molar-refractivity contribution in [3.8, 4) is 28.6 Å². The summed E-state index contributed by atoms with van der Waals surface area (Å²) < 4.78 is 3.40. The van der Waals surface area contributed by atoms with Crippen LogP contribution in [0.25, 0.3) is 28.0 Å². The largest absolute Gasteiger partial charge is 0.508 e. The van der Waals surface area contributed by atoms with Crippen LogP contribution in [0.5, 0.6) is 11.5 Å². The number of hydrogen-bond acceptors (Lipinski definition) is 5. The summed E-state index contributed by atoms with van der Waals surface area (Å²) in [7, 11) is 1.95. The van der Waals surface area contributed by atoms with Crippen LogP contribution in [0.4, 0.5) is 0 Å². The van der Waals surface area contributed by atoms with Gasteiger partial charge < -0.3 is 14.8 Å². The third-order valence-electron chi connectivity index (χ3n) is 6.59. The molecule has 2 heterocycles. The molecule has 0 aliphatic carbocycles. The number of ketones is 1. The van der Waals surface area contributed by atoms with Gasteiger partial charge in [-0.2, -0.15) is 5.10 Å². The molecule has 0 aliphatic heterocycles. The van der Waals surface area contributed by atoms with Crippen molar-refractivity contribution in [3.05, 3.63) is 94.0 Å². The van der Waals surface area contributed by atoms with Gasteiger partial charge in [-0.25, -0.2) is 14.5 Å². The first-order valence-corrected chi connectivity index (χ1v) is 11.6. The third kappa shape index (κ3) is 4.07. The minimum atomic E-state index is -0.441. The number of aryl methyl sites for hydroxylation is 1. The quantitative estimate of drug-likeness (QED) is 0.304. The Hall–Kier alpha value is -4.59. The van der Waals surface area contributed by atoms with Gasteiger partial charge in [0.2, 0.25) is 0 Å². The number of carbonyl (C=O) groups is 1. The molecule has 0 fully saturated rings. The van der Waals surface area contributed by atoms with Gasteiger partial charge in [-0.15, -0.1) is 0 Å². The van der Waals surface area contributed by atoms with E-state index in [2.05, 4.69) is 10.2 Å². The van der Waals surface area contributed by atoms with Crippen LogP contribution >= 0.6 is 0 Å². The minimum Gasteiger partial charge on any atom is -0.508 e. The van der Waals surface area contributed by atoms with Crippen LogP contribution in [0.2, 0.25) is 0 Å². The molecule has 1 unspecified atom stereocenters. The number of fused-ring (bicyclic) bond motifs is 1. The van der Waals surface area contributed by atoms with Crippen molar-refractivity contribution >= 4 is 16.7 Å². The first-order valence-electron chi connectivity index (χ1n) is 11.6. The number of nitrogens with zero attached hydrogens (tertiary/aromatic N) is 3. The van der Waals surface area contributed by atoms with Gasteiger partial charge in [0, 0.05) is 35.8 Å². The summed E-state index contributed by atoms with van der Waals surface area (Å²) in [6.07, 6.45) is 2.51. The first-order chi connectivity index (χ1) is 17.2. The summed E-state index contributed by atoms with van der Waals surface area (Å²) >= 11 is 0. The molecule has 2 aromatic heterocycles. The number of nitrogens with one attached hydrogen (secondary N) is 1. The van der Waals surface area contributed by atoms with Gasteiger partial charge in [-0.1, -0.05) is 25.1 Å². The van der Waals surface area contributed by atoms with E-state index < -0.39 is 5.69 Å². The summed E-state index contributed by atoms with van der Waals surface area (Å²) in [6.45, 7) is 3.48. The molecular weight excluding hydrogens is 456 g/mol. The number of Topliss-reactive ketones (excluding diaryl/α,β-unsaturated/α-hetero) is 1. The first kappa shape index (κ1) is 23.2. The van der Waals surface area contributed by atoms with Crippen LogP contribution in [0.3, 0.4) is 0 Å². The van der Waals surface area contributed by atoms with Crippen molar-refractivity contribution in [3.63, 3.8) is 0 Å². The number of aromatic amines is 1. The van der Waals surface area contributed by atoms with E-state index >= 15 is 0 Å². The van der Waals surface area contributed by atoms with E-state index in [1.54, 1.807) is 12.1 Å². The molecule has 3 N–H and O–H groups in total. The maximum absolute atomic E-state index is 12.8. The van der Waals surface area contributed by atoms with Gasteiger partial charge >= 0.3 is 5.69 Å². The summed E-state index contributed by atoms with van der Waals surface area (Å²) in [6, 6.07) is 17.9. The molecular formula is C28H26N4O4. The number of hydrogen-bond donors (Lipinski definition) is 3. The average Bonchev–Trinajstić information content (AvgIpc) is 3.41. The zero-order valence-corrected chi connectivity index (χ0v) is 20.2. The maximum atomic E-state index is 12.8. The third-order valence-corrected chi connectivity index (χ3v) is 6.59. The summed E-state index contributed by atoms with van der Waals surface area (Å²) in [5.41, 5.74) is 3.68. The highest BCUT2D eigenvalue weighted by Crippen LogP contribution is 2.38. The highest BCUT2D eigenvalue weighted by atomic mass is 16.3. The second-order valence-corrected chi connectivity index (χ2v) is 9.15. The van der Waals surface area contributed by atoms with E-state index in [0.717, 1.165) is 16.5 Å². The predicted octanol–water partition coefficient (Wildman–Crippen LogP) is 4.68. The number of aromatic nitrogens is 4. The molecule has 182 valence electrons. The molecule has 8 heteroatoms. The molecule has 8 nitrogen and oxygen atoms in total. The molecule has 0 spiro atoms. The fourth-order valence-corrected chi connectivity index (χ4v) is 4.67. The smallest absolute Gasteiger partial charge is 0.348 e. The topological polar surface area (TPSA) is 113 Å². The van der Waals surface area contributed by atoms with Gasteiger partial charge in [-0.05, 0) is 66.8 Å². The Morgan fingerprint density at radius 1 is 1.06 bits per heavy atom. The number of H-pyrrole nitrogens is 1. The number of benzene rings is 3. The Labute approximate surface area is 207 Å². The Bertz CT molecular complexity index is 1670. The molecule has 0 amide bonds. The molecule has 5 rings (SSSR count). The lowest BCUT2D eigenvalue weighted by Gasteiger charge is -2.17. The fraction of sp³-hybridized carbons (Fsp3) is 0.179. The normalized spacial score (nSPS) is 12.2. The second kappa shape index (κ2) is 8.88. The molecule has 0 saturated heterocycles. The van der Waals surface area contributed by atoms with Crippen LogP contribution in [-0.4, -0.2) is 35.3 Å². The van der Waals surface area contributed by atoms with Crippen molar-refractivity contribution in [1.29, 1.82) is 0 Å². The summed E-state index contributed by atoms with van der Waals surface area (Å²) in [4.78, 5) is 24.5. The lowest BCUT2D eigenvalue weighted by molar-refractivity contribution is 0.101. The fourth-order valence-electron chi connectivity index (χ4n) is 4.67. The van der Waals surface area contributed by atoms with Crippen molar-refractivity contribution in [1.82, 2.24) is 19.3 Å². The van der Waals surface area contributed by atoms with Crippen LogP contribution in [0.15, 0.2) is 71.7 Å². The maximum Gasteiger partial charge on any atom is 0.348 e. The number of phenols is 2. The van der Waals surface area contributed by atoms with E-state index in [9.17, 15) is 19.8 Å². The Morgan fingerprint density at radius 2 is 1.86 bits per heavy atom. The second-order valence-electron chi connectivity index (χ2n) is 9.15. The predicted molar refractivity (Wildman–Crippen MR) is 138 cm³/mol. The Morgan fingerprint density at radius 3 is 2.64 bits per heavy atom. The monoisotopic (exact) mass is 482 g/mol. The zero-order valence-electron chi connectivity index (χ0n) is 20.2. The van der Waals surface area contributed by atoms with Crippen LogP contribution in [0.1, 0.15) is 41.3 Å². The van der Waals surface area contributed by atoms with Gasteiger partial charge in [0.05, 0.1) is 11.3 Å². The van der Waals surface area contributed by atoms with Gasteiger partial charge in [0.15, 0.2) is 11.6 Å². The SMILES string of the molecule is CC(=O)c1cccc(CC(C)c2cc(-c3n[nH]c(=O)n3-c3ccc4c(ccn4C)c3)c(O)cc2O)c1. The van der Waals surface area contributed by atoms with Crippen LogP contribution < -0.4 is 5.69 Å². The van der Waals surface area contributed by atoms with Crippen molar-refractivity contribution in [2.75, 3.05) is 0 Å². The summed E-state index contributed by atoms with van der Waals surface area (Å²) in [5, 5.41) is 29.0. The van der Waals surface area contributed by atoms with Gasteiger partial charge in [-0.3, -0.25) is 4.79 Å². The van der Waals surface area contributed by atoms with E-state index in [4.69, 9.17) is 0 Å². The Balaban J connectivity index is 1.56. The number of aromatic hydroxyl groups is 2. The highest BCUT2D eigenvalue weighted by molar-refractivity contribution is 5.94. The molecule has 0 radical (unpaired) electrons. The van der Waals surface area contributed by atoms with Crippen LogP contribution in [-0.2, 0) is 13.5 Å². The van der Waals surface area contributed by atoms with E-state index in [1.807, 2.05) is 67.2 Å². The standard InChI is InChI=1S/C28H26N4O4/c1-16(11-18-5-4-6-19(12-18)17(2)33)22-14-23(26(35)15-25(22)34)27-29-30-28(36)32(27)21-7-8-24-20(13-21)9-10-31(24)3/h4-10,12-16,34-35H,11H2,1-3H3,(H,30,36). The van der Waals surface area contributed by atoms with Gasteiger partial charge in [0.25, 0.3) is 0 Å². The lowest BCUT2D eigenvalue weighted by atomic mass is 9.90. The summed E-state index contributed by atoms with van der Waals surface area (Å²) in [5.74, 6) is -0.166. The molecule has 0 bridgehead atoms. The molecule has 0 aliphatic rings. The number of phenolic OH excluding ortho intramolecular Hbond substituents is 2. The van der Waals surface area contributed by atoms with Crippen molar-refractivity contribution in [2.24, 2.45) is 7.05 Å². The van der Waals surface area contributed by atoms with E-state index in [-0.39, 0.29) is 29.0 Å². The molecule has 36 heavy (non-hydrogen) atoms. The van der Waals surface area contributed by atoms with E-state index in [1.165, 1.54) is 17.6 Å².